The van der Waals surface area contributed by atoms with Crippen LogP contribution in [-0.2, 0) is 28.8 Å². The highest BCUT2D eigenvalue weighted by molar-refractivity contribution is 5.68. The molecule has 1 aliphatic carbocycles. The van der Waals surface area contributed by atoms with E-state index in [1.807, 2.05) is 26.8 Å². The van der Waals surface area contributed by atoms with E-state index in [2.05, 4.69) is 17.4 Å². The summed E-state index contributed by atoms with van der Waals surface area (Å²) in [6, 6.07) is 6.22. The van der Waals surface area contributed by atoms with Crippen LogP contribution in [0.3, 0.4) is 0 Å². The summed E-state index contributed by atoms with van der Waals surface area (Å²) >= 11 is 0. The Bertz CT molecular complexity index is 589. The van der Waals surface area contributed by atoms with Crippen LogP contribution in [0.25, 0.3) is 0 Å². The van der Waals surface area contributed by atoms with Gasteiger partial charge in [-0.15, -0.1) is 0 Å². The normalized spacial score (nSPS) is 17.3. The molecule has 0 aromatic heterocycles. The number of carbonyl (C=O) groups excluding carboxylic acids is 1. The molecule has 0 bridgehead atoms. The van der Waals surface area contributed by atoms with Crippen molar-refractivity contribution in [2.45, 2.75) is 64.5 Å². The number of aryl methyl sites for hydroxylation is 2. The second-order valence-electron chi connectivity index (χ2n) is 7.08. The van der Waals surface area contributed by atoms with E-state index in [1.54, 1.807) is 0 Å². The standard InChI is InChI=1S/C18H25NO4/c1-18(2,3)23-17(22)19-15-8-7-13-6-4-12(5-9-16(20)21)10-14(13)11-15/h4,6,10,15H,5,7-9,11H2,1-3H3,(H,19,22)(H,20,21). The molecule has 1 amide bonds. The number of hydrogen-bond donors (Lipinski definition) is 2. The number of ether oxygens (including phenoxy) is 1. The zero-order chi connectivity index (χ0) is 17.0. The van der Waals surface area contributed by atoms with Crippen molar-refractivity contribution in [1.82, 2.24) is 5.32 Å². The van der Waals surface area contributed by atoms with E-state index in [-0.39, 0.29) is 18.6 Å². The second-order valence-corrected chi connectivity index (χ2v) is 7.08. The molecule has 2 N–H and O–H groups in total. The van der Waals surface area contributed by atoms with Crippen molar-refractivity contribution in [3.8, 4) is 0 Å². The van der Waals surface area contributed by atoms with E-state index >= 15 is 0 Å². The monoisotopic (exact) mass is 319 g/mol. The van der Waals surface area contributed by atoms with E-state index in [0.717, 1.165) is 24.8 Å². The maximum absolute atomic E-state index is 11.9. The van der Waals surface area contributed by atoms with E-state index in [4.69, 9.17) is 9.84 Å². The zero-order valence-electron chi connectivity index (χ0n) is 14.0. The number of amides is 1. The van der Waals surface area contributed by atoms with Crippen LogP contribution in [0.4, 0.5) is 4.79 Å². The molecular weight excluding hydrogens is 294 g/mol. The highest BCUT2D eigenvalue weighted by Crippen LogP contribution is 2.23. The van der Waals surface area contributed by atoms with Gasteiger partial charge in [-0.25, -0.2) is 4.79 Å². The maximum atomic E-state index is 11.9. The van der Waals surface area contributed by atoms with Gasteiger partial charge in [-0.1, -0.05) is 18.2 Å². The number of benzene rings is 1. The molecule has 5 heteroatoms. The number of carboxylic acids is 1. The summed E-state index contributed by atoms with van der Waals surface area (Å²) in [5.41, 5.74) is 3.01. The average Bonchev–Trinajstić information content (AvgIpc) is 2.42. The Morgan fingerprint density at radius 2 is 2.04 bits per heavy atom. The minimum Gasteiger partial charge on any atom is -0.481 e. The molecular formula is C18H25NO4. The fraction of sp³-hybridized carbons (Fsp3) is 0.556. The fourth-order valence-electron chi connectivity index (χ4n) is 2.81. The summed E-state index contributed by atoms with van der Waals surface area (Å²) in [7, 11) is 0. The Labute approximate surface area is 137 Å². The molecule has 1 unspecified atom stereocenters. The molecule has 0 spiro atoms. The zero-order valence-corrected chi connectivity index (χ0v) is 14.0. The van der Waals surface area contributed by atoms with E-state index in [0.29, 0.717) is 6.42 Å². The van der Waals surface area contributed by atoms with Crippen molar-refractivity contribution in [2.75, 3.05) is 0 Å². The van der Waals surface area contributed by atoms with Crippen LogP contribution < -0.4 is 5.32 Å². The van der Waals surface area contributed by atoms with Gasteiger partial charge in [0.25, 0.3) is 0 Å². The number of carboxylic acid groups (broad SMARTS) is 1. The largest absolute Gasteiger partial charge is 0.481 e. The first-order valence-electron chi connectivity index (χ1n) is 8.05. The van der Waals surface area contributed by atoms with Crippen molar-refractivity contribution >= 4 is 12.1 Å². The van der Waals surface area contributed by atoms with E-state index < -0.39 is 11.6 Å². The lowest BCUT2D eigenvalue weighted by molar-refractivity contribution is -0.136. The quantitative estimate of drug-likeness (QED) is 0.894. The molecule has 0 aliphatic heterocycles. The van der Waals surface area contributed by atoms with Crippen LogP contribution in [0, 0.1) is 0 Å². The first-order valence-corrected chi connectivity index (χ1v) is 8.05. The Hall–Kier alpha value is -2.04. The molecule has 0 saturated carbocycles. The third-order valence-electron chi connectivity index (χ3n) is 3.85. The van der Waals surface area contributed by atoms with E-state index in [9.17, 15) is 9.59 Å². The third-order valence-corrected chi connectivity index (χ3v) is 3.85. The average molecular weight is 319 g/mol. The summed E-state index contributed by atoms with van der Waals surface area (Å²) in [5.74, 6) is -0.785. The van der Waals surface area contributed by atoms with Gasteiger partial charge < -0.3 is 15.2 Å². The van der Waals surface area contributed by atoms with Gasteiger partial charge in [0.1, 0.15) is 5.60 Å². The Morgan fingerprint density at radius 3 is 2.70 bits per heavy atom. The molecule has 1 aromatic carbocycles. The molecule has 1 aliphatic rings. The Balaban J connectivity index is 1.97. The van der Waals surface area contributed by atoms with Crippen molar-refractivity contribution in [3.05, 3.63) is 34.9 Å². The van der Waals surface area contributed by atoms with Crippen LogP contribution in [0.15, 0.2) is 18.2 Å². The smallest absolute Gasteiger partial charge is 0.407 e. The number of aliphatic carboxylic acids is 1. The highest BCUT2D eigenvalue weighted by atomic mass is 16.6. The number of carbonyl (C=O) groups is 2. The van der Waals surface area contributed by atoms with Crippen LogP contribution in [0.2, 0.25) is 0 Å². The second kappa shape index (κ2) is 7.02. The van der Waals surface area contributed by atoms with Crippen LogP contribution in [-0.4, -0.2) is 28.8 Å². The van der Waals surface area contributed by atoms with Gasteiger partial charge in [0, 0.05) is 12.5 Å². The molecule has 0 fully saturated rings. The van der Waals surface area contributed by atoms with Gasteiger partial charge in [-0.3, -0.25) is 4.79 Å². The maximum Gasteiger partial charge on any atom is 0.407 e. The summed E-state index contributed by atoms with van der Waals surface area (Å²) in [6.07, 6.45) is 2.85. The molecule has 1 atom stereocenters. The number of rotatable bonds is 4. The van der Waals surface area contributed by atoms with Crippen molar-refractivity contribution in [2.24, 2.45) is 0 Å². The molecule has 23 heavy (non-hydrogen) atoms. The molecule has 0 radical (unpaired) electrons. The summed E-state index contributed by atoms with van der Waals surface area (Å²) in [5, 5.41) is 11.7. The van der Waals surface area contributed by atoms with Gasteiger partial charge in [-0.2, -0.15) is 0 Å². The van der Waals surface area contributed by atoms with Crippen LogP contribution in [0.5, 0.6) is 0 Å². The predicted molar refractivity (Wildman–Crippen MR) is 87.6 cm³/mol. The molecule has 0 heterocycles. The Morgan fingerprint density at radius 1 is 1.30 bits per heavy atom. The van der Waals surface area contributed by atoms with Gasteiger partial charge in [-0.05, 0) is 63.1 Å². The lowest BCUT2D eigenvalue weighted by Crippen LogP contribution is -2.41. The van der Waals surface area contributed by atoms with Crippen LogP contribution in [0.1, 0.15) is 50.3 Å². The summed E-state index contributed by atoms with van der Waals surface area (Å²) < 4.78 is 5.30. The minimum absolute atomic E-state index is 0.0621. The van der Waals surface area contributed by atoms with Crippen LogP contribution >= 0.6 is 0 Å². The Kier molecular flexibility index (Phi) is 5.29. The molecule has 1 aromatic rings. The lowest BCUT2D eigenvalue weighted by atomic mass is 9.86. The van der Waals surface area contributed by atoms with Crippen molar-refractivity contribution in [3.63, 3.8) is 0 Å². The molecule has 126 valence electrons. The van der Waals surface area contributed by atoms with Crippen molar-refractivity contribution in [1.29, 1.82) is 0 Å². The molecule has 0 saturated heterocycles. The highest BCUT2D eigenvalue weighted by Gasteiger charge is 2.23. The topological polar surface area (TPSA) is 75.6 Å². The number of hydrogen-bond acceptors (Lipinski definition) is 3. The minimum atomic E-state index is -0.785. The first-order chi connectivity index (χ1) is 10.7. The number of fused-ring (bicyclic) bond motifs is 1. The molecule has 5 nitrogen and oxygen atoms in total. The predicted octanol–water partition coefficient (Wildman–Crippen LogP) is 3.09. The summed E-state index contributed by atoms with van der Waals surface area (Å²) in [4.78, 5) is 22.6. The van der Waals surface area contributed by atoms with Gasteiger partial charge >= 0.3 is 12.1 Å². The molecule has 2 rings (SSSR count). The van der Waals surface area contributed by atoms with E-state index in [1.165, 1.54) is 11.1 Å². The number of alkyl carbamates (subject to hydrolysis) is 1. The van der Waals surface area contributed by atoms with Gasteiger partial charge in [0.05, 0.1) is 0 Å². The SMILES string of the molecule is CC(C)(C)OC(=O)NC1CCc2ccc(CCC(=O)O)cc2C1. The third kappa shape index (κ3) is 5.58. The van der Waals surface area contributed by atoms with Crippen molar-refractivity contribution < 1.29 is 19.4 Å². The van der Waals surface area contributed by atoms with Gasteiger partial charge in [0.2, 0.25) is 0 Å². The first kappa shape index (κ1) is 17.3. The number of nitrogens with one attached hydrogen (secondary N) is 1. The summed E-state index contributed by atoms with van der Waals surface area (Å²) in [6.45, 7) is 5.53. The fourth-order valence-corrected chi connectivity index (χ4v) is 2.81. The lowest BCUT2D eigenvalue weighted by Gasteiger charge is -2.27. The van der Waals surface area contributed by atoms with Gasteiger partial charge in [0.15, 0.2) is 0 Å².